The maximum atomic E-state index is 2.33. The van der Waals surface area contributed by atoms with Crippen molar-refractivity contribution in [1.29, 1.82) is 0 Å². The third-order valence-electron chi connectivity index (χ3n) is 2.13. The molecule has 1 rings (SSSR count). The van der Waals surface area contributed by atoms with E-state index in [1.165, 1.54) is 11.1 Å². The molecule has 0 atom stereocenters. The molecule has 0 N–H and O–H groups in total. The fourth-order valence-electron chi connectivity index (χ4n) is 1.62. The predicted molar refractivity (Wildman–Crippen MR) is 70.0 cm³/mol. The van der Waals surface area contributed by atoms with Crippen LogP contribution >= 0.6 is 11.8 Å². The standard InChI is InChI=1S/C13H19NS/c1-12(11-15-3)9-14(2)10-13-7-5-4-6-8-13/h4-8,11H,9-10H2,1-3H3. The van der Waals surface area contributed by atoms with Crippen molar-refractivity contribution in [2.75, 3.05) is 19.8 Å². The summed E-state index contributed by atoms with van der Waals surface area (Å²) in [4.78, 5) is 2.33. The molecule has 1 nitrogen and oxygen atoms in total. The highest BCUT2D eigenvalue weighted by Gasteiger charge is 2.00. The van der Waals surface area contributed by atoms with Gasteiger partial charge in [0.15, 0.2) is 0 Å². The molecule has 82 valence electrons. The highest BCUT2D eigenvalue weighted by molar-refractivity contribution is 8.01. The third kappa shape index (κ3) is 5.05. The van der Waals surface area contributed by atoms with Gasteiger partial charge in [0.25, 0.3) is 0 Å². The second kappa shape index (κ2) is 6.70. The average Bonchev–Trinajstić information content (AvgIpc) is 2.19. The number of hydrogen-bond donors (Lipinski definition) is 0. The van der Waals surface area contributed by atoms with Crippen molar-refractivity contribution in [3.05, 3.63) is 46.9 Å². The summed E-state index contributed by atoms with van der Waals surface area (Å²) in [5.41, 5.74) is 2.79. The van der Waals surface area contributed by atoms with Gasteiger partial charge in [0.05, 0.1) is 0 Å². The fourth-order valence-corrected chi connectivity index (χ4v) is 2.09. The molecule has 0 bridgehead atoms. The molecule has 0 aliphatic carbocycles. The van der Waals surface area contributed by atoms with E-state index in [1.54, 1.807) is 11.8 Å². The van der Waals surface area contributed by atoms with Gasteiger partial charge in [-0.2, -0.15) is 0 Å². The monoisotopic (exact) mass is 221 g/mol. The van der Waals surface area contributed by atoms with E-state index >= 15 is 0 Å². The Balaban J connectivity index is 2.43. The van der Waals surface area contributed by atoms with Crippen LogP contribution in [0.25, 0.3) is 0 Å². The Kier molecular flexibility index (Phi) is 5.51. The van der Waals surface area contributed by atoms with E-state index in [-0.39, 0.29) is 0 Å². The lowest BCUT2D eigenvalue weighted by molar-refractivity contribution is 0.355. The van der Waals surface area contributed by atoms with Crippen LogP contribution in [0.15, 0.2) is 41.3 Å². The molecular weight excluding hydrogens is 202 g/mol. The Morgan fingerprint density at radius 1 is 1.33 bits per heavy atom. The highest BCUT2D eigenvalue weighted by Crippen LogP contribution is 2.07. The molecule has 0 saturated carbocycles. The first-order valence-corrected chi connectivity index (χ1v) is 6.42. The van der Waals surface area contributed by atoms with Crippen molar-refractivity contribution >= 4 is 11.8 Å². The second-order valence-corrected chi connectivity index (χ2v) is 4.56. The summed E-state index contributed by atoms with van der Waals surface area (Å²) in [5.74, 6) is 0. The van der Waals surface area contributed by atoms with Crippen molar-refractivity contribution in [2.45, 2.75) is 13.5 Å². The average molecular weight is 221 g/mol. The van der Waals surface area contributed by atoms with Crippen LogP contribution in [-0.4, -0.2) is 24.7 Å². The third-order valence-corrected chi connectivity index (χ3v) is 2.77. The van der Waals surface area contributed by atoms with E-state index in [4.69, 9.17) is 0 Å². The van der Waals surface area contributed by atoms with Crippen molar-refractivity contribution < 1.29 is 0 Å². The Labute approximate surface area is 97.2 Å². The molecule has 0 spiro atoms. The molecule has 0 saturated heterocycles. The van der Waals surface area contributed by atoms with Crippen LogP contribution in [0, 0.1) is 0 Å². The minimum Gasteiger partial charge on any atom is -0.298 e. The topological polar surface area (TPSA) is 3.24 Å². The number of nitrogens with zero attached hydrogens (tertiary/aromatic N) is 1. The number of rotatable bonds is 5. The molecule has 0 heterocycles. The summed E-state index contributed by atoms with van der Waals surface area (Å²) < 4.78 is 0. The zero-order chi connectivity index (χ0) is 11.1. The van der Waals surface area contributed by atoms with Gasteiger partial charge < -0.3 is 0 Å². The molecule has 0 radical (unpaired) electrons. The summed E-state index contributed by atoms with van der Waals surface area (Å²) in [6, 6.07) is 10.6. The lowest BCUT2D eigenvalue weighted by Crippen LogP contribution is -2.19. The lowest BCUT2D eigenvalue weighted by Gasteiger charge is -2.16. The van der Waals surface area contributed by atoms with Crippen LogP contribution < -0.4 is 0 Å². The first-order valence-electron chi connectivity index (χ1n) is 5.13. The Morgan fingerprint density at radius 2 is 2.00 bits per heavy atom. The van der Waals surface area contributed by atoms with E-state index in [1.807, 2.05) is 0 Å². The maximum absolute atomic E-state index is 2.33. The fraction of sp³-hybridized carbons (Fsp3) is 0.385. The van der Waals surface area contributed by atoms with Crippen molar-refractivity contribution in [3.63, 3.8) is 0 Å². The maximum Gasteiger partial charge on any atom is 0.0234 e. The Hall–Kier alpha value is -0.730. The summed E-state index contributed by atoms with van der Waals surface area (Å²) >= 11 is 1.77. The van der Waals surface area contributed by atoms with Gasteiger partial charge in [0.1, 0.15) is 0 Å². The van der Waals surface area contributed by atoms with Crippen LogP contribution in [0.4, 0.5) is 0 Å². The summed E-state index contributed by atoms with van der Waals surface area (Å²) in [7, 11) is 2.16. The van der Waals surface area contributed by atoms with Crippen LogP contribution in [0.5, 0.6) is 0 Å². The summed E-state index contributed by atoms with van der Waals surface area (Å²) in [6.07, 6.45) is 2.10. The minimum absolute atomic E-state index is 1.01. The Morgan fingerprint density at radius 3 is 2.60 bits per heavy atom. The van der Waals surface area contributed by atoms with Crippen LogP contribution in [0.3, 0.4) is 0 Å². The molecule has 1 aromatic rings. The van der Waals surface area contributed by atoms with Crippen molar-refractivity contribution in [1.82, 2.24) is 4.90 Å². The molecular formula is C13H19NS. The van der Waals surface area contributed by atoms with Crippen LogP contribution in [-0.2, 0) is 6.54 Å². The largest absolute Gasteiger partial charge is 0.298 e. The smallest absolute Gasteiger partial charge is 0.0234 e. The van der Waals surface area contributed by atoms with Crippen molar-refractivity contribution in [2.24, 2.45) is 0 Å². The summed E-state index contributed by atoms with van der Waals surface area (Å²) in [6.45, 7) is 4.23. The van der Waals surface area contributed by atoms with Gasteiger partial charge in [-0.25, -0.2) is 0 Å². The second-order valence-electron chi connectivity index (χ2n) is 3.86. The molecule has 1 aromatic carbocycles. The SMILES string of the molecule is CSC=C(C)CN(C)Cc1ccccc1. The van der Waals surface area contributed by atoms with E-state index in [2.05, 4.69) is 60.9 Å². The number of thioether (sulfide) groups is 1. The van der Waals surface area contributed by atoms with E-state index in [9.17, 15) is 0 Å². The predicted octanol–water partition coefficient (Wildman–Crippen LogP) is 3.39. The lowest BCUT2D eigenvalue weighted by atomic mass is 10.2. The first kappa shape index (κ1) is 12.3. The quantitative estimate of drug-likeness (QED) is 0.750. The molecule has 2 heteroatoms. The number of benzene rings is 1. The number of likely N-dealkylation sites (N-methyl/N-ethyl adjacent to an activating group) is 1. The van der Waals surface area contributed by atoms with Gasteiger partial charge >= 0.3 is 0 Å². The van der Waals surface area contributed by atoms with Gasteiger partial charge in [-0.15, -0.1) is 11.8 Å². The minimum atomic E-state index is 1.01. The molecule has 0 aliphatic rings. The molecule has 0 unspecified atom stereocenters. The zero-order valence-corrected chi connectivity index (χ0v) is 10.6. The molecule has 15 heavy (non-hydrogen) atoms. The van der Waals surface area contributed by atoms with Crippen LogP contribution in [0.1, 0.15) is 12.5 Å². The highest BCUT2D eigenvalue weighted by atomic mass is 32.2. The Bertz CT molecular complexity index is 306. The molecule has 0 aromatic heterocycles. The molecule has 0 fully saturated rings. The van der Waals surface area contributed by atoms with Gasteiger partial charge in [0.2, 0.25) is 0 Å². The van der Waals surface area contributed by atoms with Gasteiger partial charge in [-0.3, -0.25) is 4.90 Å². The van der Waals surface area contributed by atoms with Gasteiger partial charge in [-0.1, -0.05) is 35.9 Å². The normalized spacial score (nSPS) is 12.1. The summed E-state index contributed by atoms with van der Waals surface area (Å²) in [5, 5.41) is 2.21. The van der Waals surface area contributed by atoms with Gasteiger partial charge in [0, 0.05) is 13.1 Å². The molecule has 0 aliphatic heterocycles. The zero-order valence-electron chi connectivity index (χ0n) is 9.73. The van der Waals surface area contributed by atoms with Crippen LogP contribution in [0.2, 0.25) is 0 Å². The van der Waals surface area contributed by atoms with E-state index in [0.717, 1.165) is 13.1 Å². The van der Waals surface area contributed by atoms with E-state index in [0.29, 0.717) is 0 Å². The number of hydrogen-bond acceptors (Lipinski definition) is 2. The first-order chi connectivity index (χ1) is 7.22. The van der Waals surface area contributed by atoms with Gasteiger partial charge in [-0.05, 0) is 31.2 Å². The van der Waals surface area contributed by atoms with Crippen molar-refractivity contribution in [3.8, 4) is 0 Å². The molecule has 0 amide bonds. The van der Waals surface area contributed by atoms with E-state index < -0.39 is 0 Å².